The Labute approximate surface area is 186 Å². The van der Waals surface area contributed by atoms with Crippen molar-refractivity contribution >= 4 is 34.1 Å². The summed E-state index contributed by atoms with van der Waals surface area (Å²) in [5.74, 6) is 0. The minimum Gasteiger partial charge on any atom is -0.275 e. The van der Waals surface area contributed by atoms with E-state index < -0.39 is 0 Å². The minimum absolute atomic E-state index is 0.249. The Morgan fingerprint density at radius 3 is 2.65 bits per heavy atom. The third kappa shape index (κ3) is 3.95. The molecule has 0 unspecified atom stereocenters. The van der Waals surface area contributed by atoms with Gasteiger partial charge in [0, 0.05) is 16.0 Å². The number of para-hydroxylation sites is 1. The van der Waals surface area contributed by atoms with Crippen molar-refractivity contribution in [2.45, 2.75) is 13.1 Å². The molecule has 0 aliphatic rings. The third-order valence-electron chi connectivity index (χ3n) is 4.79. The van der Waals surface area contributed by atoms with Crippen molar-refractivity contribution in [2.75, 3.05) is 0 Å². The van der Waals surface area contributed by atoms with E-state index in [1.807, 2.05) is 48.5 Å². The molecule has 0 fully saturated rings. The predicted octanol–water partition coefficient (Wildman–Crippen LogP) is 3.58. The largest absolute Gasteiger partial charge is 0.350 e. The maximum atomic E-state index is 12.6. The lowest BCUT2D eigenvalue weighted by Gasteiger charge is -2.06. The van der Waals surface area contributed by atoms with Crippen LogP contribution in [-0.2, 0) is 13.1 Å². The molecule has 8 nitrogen and oxygen atoms in total. The summed E-state index contributed by atoms with van der Waals surface area (Å²) in [5.41, 5.74) is 2.62. The molecule has 154 valence electrons. The van der Waals surface area contributed by atoms with Crippen LogP contribution in [0, 0.1) is 0 Å². The van der Waals surface area contributed by atoms with Gasteiger partial charge in [0.1, 0.15) is 17.2 Å². The van der Waals surface area contributed by atoms with Crippen molar-refractivity contribution < 1.29 is 0 Å². The van der Waals surface area contributed by atoms with E-state index in [4.69, 9.17) is 23.2 Å². The second kappa shape index (κ2) is 7.98. The molecule has 0 saturated carbocycles. The minimum atomic E-state index is -0.249. The van der Waals surface area contributed by atoms with Crippen LogP contribution in [-0.4, -0.2) is 34.3 Å². The van der Waals surface area contributed by atoms with E-state index in [1.165, 1.54) is 15.6 Å². The number of rotatable bonds is 5. The zero-order valence-corrected chi connectivity index (χ0v) is 17.6. The molecule has 10 heteroatoms. The normalized spacial score (nSPS) is 11.3. The molecule has 3 heterocycles. The first-order valence-corrected chi connectivity index (χ1v) is 10.2. The van der Waals surface area contributed by atoms with Crippen LogP contribution < -0.4 is 5.69 Å². The van der Waals surface area contributed by atoms with Crippen LogP contribution in [0.4, 0.5) is 0 Å². The van der Waals surface area contributed by atoms with Crippen LogP contribution in [0.5, 0.6) is 0 Å². The summed E-state index contributed by atoms with van der Waals surface area (Å²) in [5, 5.41) is 14.4. The summed E-state index contributed by atoms with van der Waals surface area (Å²) in [6.45, 7) is 0.656. The predicted molar refractivity (Wildman–Crippen MR) is 118 cm³/mol. The molecule has 0 aliphatic heterocycles. The van der Waals surface area contributed by atoms with E-state index >= 15 is 0 Å². The lowest BCUT2D eigenvalue weighted by Crippen LogP contribution is -2.24. The Morgan fingerprint density at radius 2 is 1.81 bits per heavy atom. The van der Waals surface area contributed by atoms with E-state index in [9.17, 15) is 4.79 Å². The summed E-state index contributed by atoms with van der Waals surface area (Å²) >= 11 is 12.4. The average molecular weight is 452 g/mol. The van der Waals surface area contributed by atoms with Crippen LogP contribution in [0.25, 0.3) is 16.6 Å². The maximum Gasteiger partial charge on any atom is 0.350 e. The SMILES string of the molecule is O=c1n(Cc2cn(Cc3cc4ccc(Cl)cc4nc3Cl)nn2)cnn1-c1ccccc1. The van der Waals surface area contributed by atoms with Crippen LogP contribution in [0.2, 0.25) is 10.2 Å². The molecule has 0 amide bonds. The first-order chi connectivity index (χ1) is 15.1. The number of hydrogen-bond acceptors (Lipinski definition) is 5. The van der Waals surface area contributed by atoms with Gasteiger partial charge in [0.05, 0.1) is 30.5 Å². The summed E-state index contributed by atoms with van der Waals surface area (Å²) in [6, 6.07) is 16.7. The molecule has 0 saturated heterocycles. The fraction of sp³-hybridized carbons (Fsp3) is 0.0952. The summed E-state index contributed by atoms with van der Waals surface area (Å²) < 4.78 is 4.49. The molecular formula is C21H15Cl2N7O. The van der Waals surface area contributed by atoms with Crippen molar-refractivity contribution in [2.24, 2.45) is 0 Å². The Bertz CT molecular complexity index is 1440. The van der Waals surface area contributed by atoms with Crippen LogP contribution in [0.15, 0.2) is 71.9 Å². The van der Waals surface area contributed by atoms with Crippen molar-refractivity contribution in [1.82, 2.24) is 34.3 Å². The van der Waals surface area contributed by atoms with Gasteiger partial charge in [0.2, 0.25) is 0 Å². The van der Waals surface area contributed by atoms with Crippen molar-refractivity contribution in [3.05, 3.63) is 99.0 Å². The van der Waals surface area contributed by atoms with Crippen LogP contribution >= 0.6 is 23.2 Å². The molecule has 5 rings (SSSR count). The van der Waals surface area contributed by atoms with Gasteiger partial charge < -0.3 is 0 Å². The first kappa shape index (κ1) is 19.5. The van der Waals surface area contributed by atoms with Crippen molar-refractivity contribution in [3.8, 4) is 5.69 Å². The molecule has 0 N–H and O–H groups in total. The monoisotopic (exact) mass is 451 g/mol. The topological polar surface area (TPSA) is 83.4 Å². The van der Waals surface area contributed by atoms with Gasteiger partial charge in [-0.05, 0) is 30.3 Å². The molecule has 3 aromatic heterocycles. The van der Waals surface area contributed by atoms with Gasteiger partial charge in [-0.15, -0.1) is 5.10 Å². The molecule has 0 spiro atoms. The second-order valence-electron chi connectivity index (χ2n) is 6.97. The van der Waals surface area contributed by atoms with Gasteiger partial charge in [-0.25, -0.2) is 14.5 Å². The number of nitrogens with zero attached hydrogens (tertiary/aromatic N) is 7. The van der Waals surface area contributed by atoms with Gasteiger partial charge in [0.25, 0.3) is 0 Å². The van der Waals surface area contributed by atoms with Gasteiger partial charge in [-0.3, -0.25) is 4.57 Å². The van der Waals surface area contributed by atoms with Gasteiger partial charge in [0.15, 0.2) is 0 Å². The molecule has 31 heavy (non-hydrogen) atoms. The second-order valence-corrected chi connectivity index (χ2v) is 7.77. The molecule has 0 atom stereocenters. The average Bonchev–Trinajstić information content (AvgIpc) is 3.36. The van der Waals surface area contributed by atoms with Gasteiger partial charge >= 0.3 is 5.69 Å². The quantitative estimate of drug-likeness (QED) is 0.381. The summed E-state index contributed by atoms with van der Waals surface area (Å²) in [6.07, 6.45) is 3.26. The Balaban J connectivity index is 1.36. The molecule has 0 aliphatic carbocycles. The Hall–Kier alpha value is -3.49. The third-order valence-corrected chi connectivity index (χ3v) is 5.35. The zero-order valence-electron chi connectivity index (χ0n) is 16.1. The smallest absolute Gasteiger partial charge is 0.275 e. The highest BCUT2D eigenvalue weighted by Crippen LogP contribution is 2.23. The highest BCUT2D eigenvalue weighted by atomic mass is 35.5. The molecule has 0 radical (unpaired) electrons. The molecular weight excluding hydrogens is 437 g/mol. The molecule has 5 aromatic rings. The zero-order chi connectivity index (χ0) is 21.4. The fourth-order valence-corrected chi connectivity index (χ4v) is 3.67. The van der Waals surface area contributed by atoms with E-state index in [1.54, 1.807) is 16.9 Å². The highest BCUT2D eigenvalue weighted by molar-refractivity contribution is 6.32. The van der Waals surface area contributed by atoms with Crippen LogP contribution in [0.3, 0.4) is 0 Å². The standard InChI is InChI=1S/C21H15Cl2N7O/c22-16-7-6-14-8-15(20(23)25-19(14)9-16)10-29-12-17(26-27-29)11-28-13-24-30(21(28)31)18-4-2-1-3-5-18/h1-9,12-13H,10-11H2. The van der Waals surface area contributed by atoms with E-state index in [0.717, 1.165) is 16.5 Å². The highest BCUT2D eigenvalue weighted by Gasteiger charge is 2.11. The number of pyridine rings is 1. The number of hydrogen-bond donors (Lipinski definition) is 0. The fourth-order valence-electron chi connectivity index (χ4n) is 3.30. The number of halogens is 2. The number of benzene rings is 2. The van der Waals surface area contributed by atoms with Crippen LogP contribution in [0.1, 0.15) is 11.3 Å². The van der Waals surface area contributed by atoms with Gasteiger partial charge in [-0.1, -0.05) is 52.7 Å². The maximum absolute atomic E-state index is 12.6. The summed E-state index contributed by atoms with van der Waals surface area (Å²) in [7, 11) is 0. The first-order valence-electron chi connectivity index (χ1n) is 9.40. The number of aromatic nitrogens is 7. The van der Waals surface area contributed by atoms with E-state index in [-0.39, 0.29) is 12.2 Å². The summed E-state index contributed by atoms with van der Waals surface area (Å²) in [4.78, 5) is 17.1. The Morgan fingerprint density at radius 1 is 0.968 bits per heavy atom. The van der Waals surface area contributed by atoms with Crippen molar-refractivity contribution in [3.63, 3.8) is 0 Å². The van der Waals surface area contributed by atoms with Crippen molar-refractivity contribution in [1.29, 1.82) is 0 Å². The van der Waals surface area contributed by atoms with Gasteiger partial charge in [-0.2, -0.15) is 9.78 Å². The molecule has 0 bridgehead atoms. The number of fused-ring (bicyclic) bond motifs is 1. The Kier molecular flexibility index (Phi) is 5.01. The lowest BCUT2D eigenvalue weighted by atomic mass is 10.1. The molecule has 2 aromatic carbocycles. The lowest BCUT2D eigenvalue weighted by molar-refractivity contribution is 0.647. The van der Waals surface area contributed by atoms with E-state index in [0.29, 0.717) is 28.1 Å². The van der Waals surface area contributed by atoms with E-state index in [2.05, 4.69) is 20.4 Å².